The highest BCUT2D eigenvalue weighted by Crippen LogP contribution is 2.36. The van der Waals surface area contributed by atoms with E-state index in [1.807, 2.05) is 0 Å². The van der Waals surface area contributed by atoms with Crippen LogP contribution < -0.4 is 10.0 Å². The number of halogens is 4. The molecule has 7 nitrogen and oxygen atoms in total. The molecule has 36 heavy (non-hydrogen) atoms. The minimum atomic E-state index is -4.71. The molecule has 1 fully saturated rings. The fourth-order valence-electron chi connectivity index (χ4n) is 3.99. The van der Waals surface area contributed by atoms with E-state index in [1.165, 1.54) is 60.4 Å². The molecule has 0 aliphatic heterocycles. The summed E-state index contributed by atoms with van der Waals surface area (Å²) >= 11 is 1.37. The smallest absolute Gasteiger partial charge is 0.389 e. The summed E-state index contributed by atoms with van der Waals surface area (Å²) in [5.41, 5.74) is -2.41. The van der Waals surface area contributed by atoms with Crippen molar-refractivity contribution in [1.29, 1.82) is 0 Å². The van der Waals surface area contributed by atoms with Gasteiger partial charge in [0.2, 0.25) is 5.95 Å². The minimum absolute atomic E-state index is 0.0421. The summed E-state index contributed by atoms with van der Waals surface area (Å²) in [5.74, 6) is -0.763. The molecule has 12 heteroatoms. The van der Waals surface area contributed by atoms with Crippen molar-refractivity contribution in [2.45, 2.75) is 75.2 Å². The van der Waals surface area contributed by atoms with Crippen LogP contribution in [0.4, 0.5) is 29.2 Å². The maximum Gasteiger partial charge on any atom is 0.419 e. The molecule has 3 aromatic rings. The number of hydrogen-bond acceptors (Lipinski definition) is 7. The molecule has 2 aromatic heterocycles. The van der Waals surface area contributed by atoms with Gasteiger partial charge in [0.05, 0.1) is 29.7 Å². The number of aromatic nitrogens is 4. The Balaban J connectivity index is 1.53. The van der Waals surface area contributed by atoms with E-state index in [-0.39, 0.29) is 23.7 Å². The Morgan fingerprint density at radius 2 is 1.89 bits per heavy atom. The van der Waals surface area contributed by atoms with Crippen molar-refractivity contribution in [1.82, 2.24) is 24.5 Å². The fourth-order valence-corrected chi connectivity index (χ4v) is 4.83. The predicted molar refractivity (Wildman–Crippen MR) is 130 cm³/mol. The zero-order valence-corrected chi connectivity index (χ0v) is 20.8. The molecular formula is C24H28F4N6OS. The van der Waals surface area contributed by atoms with Crippen LogP contribution in [0.25, 0.3) is 11.3 Å². The normalized spacial score (nSPS) is 15.3. The summed E-state index contributed by atoms with van der Waals surface area (Å²) in [7, 11) is 0. The molecule has 0 amide bonds. The average Bonchev–Trinajstić information content (AvgIpc) is 3.26. The average molecular weight is 525 g/mol. The van der Waals surface area contributed by atoms with Crippen molar-refractivity contribution < 1.29 is 22.7 Å². The van der Waals surface area contributed by atoms with Crippen molar-refractivity contribution in [3.8, 4) is 11.3 Å². The van der Waals surface area contributed by atoms with Crippen LogP contribution in [0.5, 0.6) is 0 Å². The first-order valence-corrected chi connectivity index (χ1v) is 12.5. The lowest BCUT2D eigenvalue weighted by Crippen LogP contribution is -2.26. The number of hydrogen-bond donors (Lipinski definition) is 3. The predicted octanol–water partition coefficient (Wildman–Crippen LogP) is 5.94. The topological polar surface area (TPSA) is 87.9 Å². The number of aliphatic hydroxyl groups is 1. The van der Waals surface area contributed by atoms with Gasteiger partial charge in [-0.3, -0.25) is 9.40 Å². The van der Waals surface area contributed by atoms with E-state index in [0.717, 1.165) is 12.8 Å². The SMILES string of the molecule is CC(C)(O)Cn1cc(-c2nc(Nc3ccc(SNC4CCCCC4)cc3F)ncc2C(F)(F)F)cn1. The molecule has 1 aromatic carbocycles. The third kappa shape index (κ3) is 6.95. The number of anilines is 2. The van der Waals surface area contributed by atoms with Crippen LogP contribution in [0.15, 0.2) is 41.7 Å². The Hall–Kier alpha value is -2.70. The monoisotopic (exact) mass is 524 g/mol. The van der Waals surface area contributed by atoms with Gasteiger partial charge in [0.15, 0.2) is 0 Å². The molecular weight excluding hydrogens is 496 g/mol. The van der Waals surface area contributed by atoms with Crippen molar-refractivity contribution >= 4 is 23.6 Å². The first-order chi connectivity index (χ1) is 17.0. The Bertz CT molecular complexity index is 1190. The second-order valence-electron chi connectivity index (χ2n) is 9.51. The Morgan fingerprint density at radius 3 is 2.56 bits per heavy atom. The Morgan fingerprint density at radius 1 is 1.14 bits per heavy atom. The van der Waals surface area contributed by atoms with Crippen molar-refractivity contribution in [2.24, 2.45) is 0 Å². The highest BCUT2D eigenvalue weighted by molar-refractivity contribution is 7.97. The molecule has 0 bridgehead atoms. The van der Waals surface area contributed by atoms with Crippen molar-refractivity contribution in [3.05, 3.63) is 48.2 Å². The maximum atomic E-state index is 14.8. The molecule has 2 heterocycles. The lowest BCUT2D eigenvalue weighted by atomic mass is 9.96. The van der Waals surface area contributed by atoms with Gasteiger partial charge >= 0.3 is 6.18 Å². The van der Waals surface area contributed by atoms with E-state index in [4.69, 9.17) is 0 Å². The molecule has 0 unspecified atom stereocenters. The molecule has 4 rings (SSSR count). The summed E-state index contributed by atoms with van der Waals surface area (Å²) in [4.78, 5) is 8.49. The lowest BCUT2D eigenvalue weighted by molar-refractivity contribution is -0.137. The summed E-state index contributed by atoms with van der Waals surface area (Å²) in [6.07, 6.45) is 4.36. The van der Waals surface area contributed by atoms with E-state index in [1.54, 1.807) is 19.9 Å². The van der Waals surface area contributed by atoms with Gasteiger partial charge in [-0.1, -0.05) is 19.3 Å². The number of benzene rings is 1. The first kappa shape index (κ1) is 26.4. The van der Waals surface area contributed by atoms with E-state index in [2.05, 4.69) is 25.1 Å². The summed E-state index contributed by atoms with van der Waals surface area (Å²) in [6, 6.07) is 4.98. The number of alkyl halides is 3. The van der Waals surface area contributed by atoms with Crippen LogP contribution in [0.2, 0.25) is 0 Å². The van der Waals surface area contributed by atoms with Gasteiger partial charge in [0.25, 0.3) is 0 Å². The quantitative estimate of drug-likeness (QED) is 0.248. The van der Waals surface area contributed by atoms with Gasteiger partial charge in [-0.05, 0) is 56.8 Å². The number of nitrogens with zero attached hydrogens (tertiary/aromatic N) is 4. The zero-order valence-electron chi connectivity index (χ0n) is 19.9. The maximum absolute atomic E-state index is 14.8. The number of nitrogens with one attached hydrogen (secondary N) is 2. The van der Waals surface area contributed by atoms with E-state index < -0.39 is 28.9 Å². The van der Waals surface area contributed by atoms with Crippen LogP contribution in [0.3, 0.4) is 0 Å². The molecule has 1 saturated carbocycles. The Labute approximate surface area is 210 Å². The molecule has 3 N–H and O–H groups in total. The van der Waals surface area contributed by atoms with E-state index >= 15 is 0 Å². The lowest BCUT2D eigenvalue weighted by Gasteiger charge is -2.22. The minimum Gasteiger partial charge on any atom is -0.389 e. The molecule has 0 radical (unpaired) electrons. The van der Waals surface area contributed by atoms with Crippen molar-refractivity contribution in [3.63, 3.8) is 0 Å². The van der Waals surface area contributed by atoms with E-state index in [9.17, 15) is 22.7 Å². The zero-order chi connectivity index (χ0) is 25.9. The second kappa shape index (κ2) is 10.7. The molecule has 1 aliphatic carbocycles. The summed E-state index contributed by atoms with van der Waals surface area (Å²) < 4.78 is 60.4. The molecule has 194 valence electrons. The highest BCUT2D eigenvalue weighted by atomic mass is 32.2. The molecule has 0 saturated heterocycles. The van der Waals surface area contributed by atoms with Gasteiger partial charge in [0.1, 0.15) is 11.4 Å². The van der Waals surface area contributed by atoms with Crippen LogP contribution in [-0.4, -0.2) is 36.5 Å². The standard InChI is InChI=1S/C24H28F4N6OS/c1-23(2,35)14-34-13-15(11-30-34)21-18(24(26,27)28)12-29-22(32-21)31-20-9-8-17(10-19(20)25)36-33-16-6-4-3-5-7-16/h8-13,16,33,35H,3-7,14H2,1-2H3,(H,29,31,32). The second-order valence-corrected chi connectivity index (χ2v) is 10.4. The molecule has 1 aliphatic rings. The number of rotatable bonds is 8. The molecule has 0 spiro atoms. The summed E-state index contributed by atoms with van der Waals surface area (Å²) in [5, 5.41) is 16.7. The van der Waals surface area contributed by atoms with Crippen LogP contribution in [0.1, 0.15) is 51.5 Å². The fraction of sp³-hybridized carbons (Fsp3) is 0.458. The van der Waals surface area contributed by atoms with Gasteiger partial charge in [-0.15, -0.1) is 0 Å². The van der Waals surface area contributed by atoms with Crippen LogP contribution in [-0.2, 0) is 12.7 Å². The summed E-state index contributed by atoms with van der Waals surface area (Å²) in [6.45, 7) is 3.20. The first-order valence-electron chi connectivity index (χ1n) is 11.7. The van der Waals surface area contributed by atoms with Crippen LogP contribution >= 0.6 is 11.9 Å². The van der Waals surface area contributed by atoms with E-state index in [0.29, 0.717) is 17.1 Å². The van der Waals surface area contributed by atoms with Gasteiger partial charge < -0.3 is 10.4 Å². The third-order valence-corrected chi connectivity index (χ3v) is 6.63. The largest absolute Gasteiger partial charge is 0.419 e. The third-order valence-electron chi connectivity index (χ3n) is 5.69. The van der Waals surface area contributed by atoms with Crippen molar-refractivity contribution in [2.75, 3.05) is 5.32 Å². The van der Waals surface area contributed by atoms with Crippen LogP contribution in [0, 0.1) is 5.82 Å². The van der Waals surface area contributed by atoms with Gasteiger partial charge in [-0.2, -0.15) is 18.3 Å². The highest BCUT2D eigenvalue weighted by Gasteiger charge is 2.36. The van der Waals surface area contributed by atoms with Gasteiger partial charge in [0, 0.05) is 28.9 Å². The molecule has 0 atom stereocenters. The van der Waals surface area contributed by atoms with Gasteiger partial charge in [-0.25, -0.2) is 14.4 Å². The Kier molecular flexibility index (Phi) is 7.86.